The Bertz CT molecular complexity index is 582. The first kappa shape index (κ1) is 16.6. The second-order valence-corrected chi connectivity index (χ2v) is 6.64. The van der Waals surface area contributed by atoms with E-state index in [1.165, 1.54) is 54.9 Å². The number of likely N-dealkylation sites (tertiary alicyclic amines) is 1. The van der Waals surface area contributed by atoms with E-state index in [4.69, 9.17) is 4.98 Å². The summed E-state index contributed by atoms with van der Waals surface area (Å²) in [5.74, 6) is 1.15. The zero-order chi connectivity index (χ0) is 13.8. The van der Waals surface area contributed by atoms with Gasteiger partial charge in [0.2, 0.25) is 0 Å². The summed E-state index contributed by atoms with van der Waals surface area (Å²) in [6.07, 6.45) is 4.16. The van der Waals surface area contributed by atoms with Gasteiger partial charge in [-0.05, 0) is 50.6 Å². The van der Waals surface area contributed by atoms with Crippen molar-refractivity contribution in [1.82, 2.24) is 9.88 Å². The van der Waals surface area contributed by atoms with Crippen LogP contribution in [0.25, 0.3) is 10.9 Å². The largest absolute Gasteiger partial charge is 0.303 e. The fraction of sp³-hybridized carbons (Fsp3) is 0.471. The van der Waals surface area contributed by atoms with Crippen molar-refractivity contribution in [3.63, 3.8) is 0 Å². The van der Waals surface area contributed by atoms with Crippen molar-refractivity contribution in [2.75, 3.05) is 25.4 Å². The van der Waals surface area contributed by atoms with Crippen LogP contribution in [0.4, 0.5) is 0 Å². The lowest BCUT2D eigenvalue weighted by atomic mass is 10.1. The maximum atomic E-state index is 4.80. The number of piperidine rings is 1. The third-order valence-corrected chi connectivity index (χ3v) is 5.04. The van der Waals surface area contributed by atoms with Crippen molar-refractivity contribution in [2.45, 2.75) is 31.2 Å². The maximum Gasteiger partial charge on any atom is 0.0997 e. The van der Waals surface area contributed by atoms with Crippen LogP contribution in [0, 0.1) is 6.92 Å². The van der Waals surface area contributed by atoms with Crippen molar-refractivity contribution < 1.29 is 0 Å². The standard InChI is InChI=1S/C17H22N2S.ClH/c1-14-13-15-7-3-4-8-16(15)18-17(14)20-12-11-19-9-5-2-6-10-19;/h3-4,7-8,13H,2,5-6,9-12H2,1H3;1H. The summed E-state index contributed by atoms with van der Waals surface area (Å²) in [6, 6.07) is 10.6. The third-order valence-electron chi connectivity index (χ3n) is 3.96. The number of halogens is 1. The van der Waals surface area contributed by atoms with Crippen LogP contribution in [-0.4, -0.2) is 35.3 Å². The highest BCUT2D eigenvalue weighted by Crippen LogP contribution is 2.24. The average Bonchev–Trinajstić information content (AvgIpc) is 2.49. The summed E-state index contributed by atoms with van der Waals surface area (Å²) in [5, 5.41) is 2.44. The predicted octanol–water partition coefficient (Wildman–Crippen LogP) is 4.54. The molecule has 0 spiro atoms. The zero-order valence-corrected chi connectivity index (χ0v) is 14.2. The minimum absolute atomic E-state index is 0. The normalized spacial score (nSPS) is 15.9. The van der Waals surface area contributed by atoms with Crippen molar-refractivity contribution >= 4 is 35.1 Å². The Morgan fingerprint density at radius 2 is 1.90 bits per heavy atom. The lowest BCUT2D eigenvalue weighted by Crippen LogP contribution is -2.31. The van der Waals surface area contributed by atoms with Gasteiger partial charge < -0.3 is 4.90 Å². The second-order valence-electron chi connectivity index (χ2n) is 5.55. The van der Waals surface area contributed by atoms with Crippen LogP contribution in [0.5, 0.6) is 0 Å². The Balaban J connectivity index is 0.00000161. The number of aryl methyl sites for hydroxylation is 1. The zero-order valence-electron chi connectivity index (χ0n) is 12.5. The number of fused-ring (bicyclic) bond motifs is 1. The summed E-state index contributed by atoms with van der Waals surface area (Å²) >= 11 is 1.90. The molecule has 0 aliphatic carbocycles. The fourth-order valence-corrected chi connectivity index (χ4v) is 3.80. The Kier molecular flexibility index (Phi) is 6.34. The highest BCUT2D eigenvalue weighted by Gasteiger charge is 2.10. The number of rotatable bonds is 4. The van der Waals surface area contributed by atoms with Crippen LogP contribution < -0.4 is 0 Å². The first-order chi connectivity index (χ1) is 9.83. The minimum atomic E-state index is 0. The van der Waals surface area contributed by atoms with E-state index >= 15 is 0 Å². The molecule has 2 nitrogen and oxygen atoms in total. The van der Waals surface area contributed by atoms with E-state index in [-0.39, 0.29) is 12.4 Å². The van der Waals surface area contributed by atoms with Gasteiger partial charge in [0.05, 0.1) is 10.5 Å². The van der Waals surface area contributed by atoms with Crippen LogP contribution >= 0.6 is 24.2 Å². The number of para-hydroxylation sites is 1. The van der Waals surface area contributed by atoms with Gasteiger partial charge >= 0.3 is 0 Å². The van der Waals surface area contributed by atoms with E-state index < -0.39 is 0 Å². The molecular weight excluding hydrogens is 300 g/mol. The maximum absolute atomic E-state index is 4.80. The number of hydrogen-bond donors (Lipinski definition) is 0. The first-order valence-corrected chi connectivity index (χ1v) is 8.53. The number of nitrogens with zero attached hydrogens (tertiary/aromatic N) is 2. The molecular formula is C17H23ClN2S. The van der Waals surface area contributed by atoms with Gasteiger partial charge in [0.1, 0.15) is 0 Å². The summed E-state index contributed by atoms with van der Waals surface area (Å²) in [4.78, 5) is 7.39. The summed E-state index contributed by atoms with van der Waals surface area (Å²) in [7, 11) is 0. The fourth-order valence-electron chi connectivity index (χ4n) is 2.80. The Morgan fingerprint density at radius 1 is 1.14 bits per heavy atom. The first-order valence-electron chi connectivity index (χ1n) is 7.54. The number of thioether (sulfide) groups is 1. The molecule has 1 aromatic carbocycles. The highest BCUT2D eigenvalue weighted by molar-refractivity contribution is 7.99. The van der Waals surface area contributed by atoms with E-state index in [2.05, 4.69) is 42.2 Å². The second kappa shape index (κ2) is 8.02. The summed E-state index contributed by atoms with van der Waals surface area (Å²) in [6.45, 7) is 5.93. The molecule has 1 aliphatic heterocycles. The average molecular weight is 323 g/mol. The Labute approximate surface area is 137 Å². The highest BCUT2D eigenvalue weighted by atomic mass is 35.5. The number of hydrogen-bond acceptors (Lipinski definition) is 3. The van der Waals surface area contributed by atoms with Crippen LogP contribution in [0.1, 0.15) is 24.8 Å². The molecule has 1 fully saturated rings. The molecule has 3 rings (SSSR count). The van der Waals surface area contributed by atoms with Gasteiger partial charge in [-0.15, -0.1) is 24.2 Å². The Hall–Kier alpha value is -0.770. The quantitative estimate of drug-likeness (QED) is 0.769. The lowest BCUT2D eigenvalue weighted by molar-refractivity contribution is 0.242. The van der Waals surface area contributed by atoms with Crippen LogP contribution in [0.15, 0.2) is 35.4 Å². The molecule has 0 atom stereocenters. The molecule has 0 unspecified atom stereocenters. The van der Waals surface area contributed by atoms with Gasteiger partial charge in [-0.3, -0.25) is 0 Å². The molecule has 21 heavy (non-hydrogen) atoms. The molecule has 0 bridgehead atoms. The van der Waals surface area contributed by atoms with Crippen LogP contribution in [-0.2, 0) is 0 Å². The van der Waals surface area contributed by atoms with Crippen LogP contribution in [0.2, 0.25) is 0 Å². The topological polar surface area (TPSA) is 16.1 Å². The number of pyridine rings is 1. The molecule has 0 amide bonds. The van der Waals surface area contributed by atoms with Gasteiger partial charge in [0, 0.05) is 17.7 Å². The van der Waals surface area contributed by atoms with Crippen molar-refractivity contribution in [2.24, 2.45) is 0 Å². The third kappa shape index (κ3) is 4.35. The van der Waals surface area contributed by atoms with Gasteiger partial charge in [0.25, 0.3) is 0 Å². The molecule has 2 aromatic rings. The smallest absolute Gasteiger partial charge is 0.0997 e. The van der Waals surface area contributed by atoms with Gasteiger partial charge in [0.15, 0.2) is 0 Å². The summed E-state index contributed by atoms with van der Waals surface area (Å²) < 4.78 is 0. The molecule has 114 valence electrons. The molecule has 1 saturated heterocycles. The van der Waals surface area contributed by atoms with Gasteiger partial charge in [-0.25, -0.2) is 4.98 Å². The molecule has 0 saturated carbocycles. The molecule has 4 heteroatoms. The van der Waals surface area contributed by atoms with E-state index in [9.17, 15) is 0 Å². The van der Waals surface area contributed by atoms with Crippen LogP contribution in [0.3, 0.4) is 0 Å². The van der Waals surface area contributed by atoms with Gasteiger partial charge in [-0.1, -0.05) is 24.6 Å². The SMILES string of the molecule is Cc1cc2ccccc2nc1SCCN1CCCCC1.Cl. The van der Waals surface area contributed by atoms with E-state index in [1.54, 1.807) is 0 Å². The number of benzene rings is 1. The Morgan fingerprint density at radius 3 is 2.71 bits per heavy atom. The van der Waals surface area contributed by atoms with E-state index in [1.807, 2.05) is 11.8 Å². The molecule has 1 aliphatic rings. The molecule has 1 aromatic heterocycles. The van der Waals surface area contributed by atoms with Crippen molar-refractivity contribution in [3.8, 4) is 0 Å². The van der Waals surface area contributed by atoms with Gasteiger partial charge in [-0.2, -0.15) is 0 Å². The van der Waals surface area contributed by atoms with E-state index in [0.29, 0.717) is 0 Å². The predicted molar refractivity (Wildman–Crippen MR) is 94.7 cm³/mol. The van der Waals surface area contributed by atoms with E-state index in [0.717, 1.165) is 11.3 Å². The monoisotopic (exact) mass is 322 g/mol. The van der Waals surface area contributed by atoms with Crippen molar-refractivity contribution in [1.29, 1.82) is 0 Å². The molecule has 2 heterocycles. The lowest BCUT2D eigenvalue weighted by Gasteiger charge is -2.26. The number of aromatic nitrogens is 1. The molecule has 0 N–H and O–H groups in total. The van der Waals surface area contributed by atoms with Crippen molar-refractivity contribution in [3.05, 3.63) is 35.9 Å². The minimum Gasteiger partial charge on any atom is -0.303 e. The summed E-state index contributed by atoms with van der Waals surface area (Å²) in [5.41, 5.74) is 2.41. The molecule has 0 radical (unpaired) electrons.